The van der Waals surface area contributed by atoms with Crippen LogP contribution in [-0.2, 0) is 0 Å². The standard InChI is InChI=1S/C18H41N3/c1-3-5-7-9-11-16-21(18-15-20-14-13-19)17-12-10-8-6-4-2/h20H,3-19H2,1-2H3. The van der Waals surface area contributed by atoms with Crippen LogP contribution in [0.15, 0.2) is 0 Å². The van der Waals surface area contributed by atoms with Gasteiger partial charge < -0.3 is 16.0 Å². The second-order valence-electron chi connectivity index (χ2n) is 6.21. The molecule has 0 aromatic carbocycles. The molecular weight excluding hydrogens is 258 g/mol. The Morgan fingerprint density at radius 2 is 1.19 bits per heavy atom. The fourth-order valence-corrected chi connectivity index (χ4v) is 2.68. The van der Waals surface area contributed by atoms with E-state index >= 15 is 0 Å². The summed E-state index contributed by atoms with van der Waals surface area (Å²) >= 11 is 0. The maximum absolute atomic E-state index is 5.52. The molecule has 0 aromatic rings. The lowest BCUT2D eigenvalue weighted by molar-refractivity contribution is 0.260. The van der Waals surface area contributed by atoms with Crippen molar-refractivity contribution in [2.24, 2.45) is 5.73 Å². The molecule has 0 saturated carbocycles. The van der Waals surface area contributed by atoms with Crippen LogP contribution in [-0.4, -0.2) is 44.2 Å². The first-order chi connectivity index (χ1) is 10.3. The highest BCUT2D eigenvalue weighted by Crippen LogP contribution is 2.07. The van der Waals surface area contributed by atoms with Crippen molar-refractivity contribution in [3.63, 3.8) is 0 Å². The minimum Gasteiger partial charge on any atom is -0.329 e. The average molecular weight is 300 g/mol. The Kier molecular flexibility index (Phi) is 17.8. The summed E-state index contributed by atoms with van der Waals surface area (Å²) < 4.78 is 0. The first-order valence-corrected chi connectivity index (χ1v) is 9.48. The Morgan fingerprint density at radius 3 is 1.67 bits per heavy atom. The fourth-order valence-electron chi connectivity index (χ4n) is 2.68. The van der Waals surface area contributed by atoms with Gasteiger partial charge in [0.25, 0.3) is 0 Å². The molecule has 0 saturated heterocycles. The van der Waals surface area contributed by atoms with Crippen molar-refractivity contribution in [1.29, 1.82) is 0 Å². The van der Waals surface area contributed by atoms with Crippen LogP contribution in [0.5, 0.6) is 0 Å². The molecule has 3 N–H and O–H groups in total. The highest BCUT2D eigenvalue weighted by molar-refractivity contribution is 4.61. The molecule has 0 spiro atoms. The van der Waals surface area contributed by atoms with E-state index in [1.807, 2.05) is 0 Å². The Morgan fingerprint density at radius 1 is 0.667 bits per heavy atom. The van der Waals surface area contributed by atoms with Gasteiger partial charge >= 0.3 is 0 Å². The summed E-state index contributed by atoms with van der Waals surface area (Å²) in [6.45, 7) is 11.1. The van der Waals surface area contributed by atoms with Gasteiger partial charge in [0, 0.05) is 26.2 Å². The van der Waals surface area contributed by atoms with Gasteiger partial charge in [-0.25, -0.2) is 0 Å². The molecular formula is C18H41N3. The van der Waals surface area contributed by atoms with Crippen LogP contribution < -0.4 is 11.1 Å². The van der Waals surface area contributed by atoms with E-state index in [0.29, 0.717) is 0 Å². The van der Waals surface area contributed by atoms with Gasteiger partial charge in [-0.3, -0.25) is 0 Å². The van der Waals surface area contributed by atoms with Gasteiger partial charge in [-0.2, -0.15) is 0 Å². The second-order valence-corrected chi connectivity index (χ2v) is 6.21. The minimum atomic E-state index is 0.744. The van der Waals surface area contributed by atoms with E-state index in [1.54, 1.807) is 0 Å². The minimum absolute atomic E-state index is 0.744. The van der Waals surface area contributed by atoms with Gasteiger partial charge in [-0.15, -0.1) is 0 Å². The second kappa shape index (κ2) is 17.9. The smallest absolute Gasteiger partial charge is 0.0107 e. The fraction of sp³-hybridized carbons (Fsp3) is 1.00. The number of rotatable bonds is 17. The molecule has 0 rings (SSSR count). The summed E-state index contributed by atoms with van der Waals surface area (Å²) in [7, 11) is 0. The Hall–Kier alpha value is -0.120. The zero-order valence-corrected chi connectivity index (χ0v) is 14.8. The summed E-state index contributed by atoms with van der Waals surface area (Å²) in [6, 6.07) is 0. The quantitative estimate of drug-likeness (QED) is 0.402. The predicted octanol–water partition coefficient (Wildman–Crippen LogP) is 3.78. The van der Waals surface area contributed by atoms with Crippen molar-refractivity contribution in [3.05, 3.63) is 0 Å². The van der Waals surface area contributed by atoms with Crippen molar-refractivity contribution in [3.8, 4) is 0 Å². The topological polar surface area (TPSA) is 41.3 Å². The van der Waals surface area contributed by atoms with Crippen molar-refractivity contribution in [2.45, 2.75) is 78.1 Å². The van der Waals surface area contributed by atoms with Crippen molar-refractivity contribution in [2.75, 3.05) is 39.3 Å². The largest absolute Gasteiger partial charge is 0.329 e. The summed E-state index contributed by atoms with van der Waals surface area (Å²) in [5, 5.41) is 3.42. The van der Waals surface area contributed by atoms with Crippen LogP contribution in [0.25, 0.3) is 0 Å². The van der Waals surface area contributed by atoms with Gasteiger partial charge in [0.15, 0.2) is 0 Å². The maximum atomic E-state index is 5.52. The van der Waals surface area contributed by atoms with E-state index < -0.39 is 0 Å². The molecule has 0 atom stereocenters. The first-order valence-electron chi connectivity index (χ1n) is 9.48. The average Bonchev–Trinajstić information content (AvgIpc) is 2.50. The molecule has 21 heavy (non-hydrogen) atoms. The van der Waals surface area contributed by atoms with Crippen LogP contribution in [0.2, 0.25) is 0 Å². The van der Waals surface area contributed by atoms with E-state index in [2.05, 4.69) is 24.1 Å². The highest BCUT2D eigenvalue weighted by atomic mass is 15.1. The molecule has 0 radical (unpaired) electrons. The predicted molar refractivity (Wildman–Crippen MR) is 95.9 cm³/mol. The monoisotopic (exact) mass is 299 g/mol. The van der Waals surface area contributed by atoms with Gasteiger partial charge in [-0.05, 0) is 25.9 Å². The summed E-state index contributed by atoms with van der Waals surface area (Å²) in [6.07, 6.45) is 13.8. The third-order valence-electron chi connectivity index (χ3n) is 4.08. The zero-order chi connectivity index (χ0) is 15.6. The van der Waals surface area contributed by atoms with E-state index in [-0.39, 0.29) is 0 Å². The van der Waals surface area contributed by atoms with Crippen LogP contribution in [0, 0.1) is 0 Å². The Balaban J connectivity index is 3.69. The summed E-state index contributed by atoms with van der Waals surface area (Å²) in [5.74, 6) is 0. The van der Waals surface area contributed by atoms with Gasteiger partial charge in [0.2, 0.25) is 0 Å². The van der Waals surface area contributed by atoms with Crippen LogP contribution in [0.4, 0.5) is 0 Å². The number of nitrogens with one attached hydrogen (secondary N) is 1. The highest BCUT2D eigenvalue weighted by Gasteiger charge is 2.04. The molecule has 3 nitrogen and oxygen atoms in total. The molecule has 0 aliphatic carbocycles. The zero-order valence-electron chi connectivity index (χ0n) is 14.8. The summed E-state index contributed by atoms with van der Waals surface area (Å²) in [4.78, 5) is 2.65. The lowest BCUT2D eigenvalue weighted by Gasteiger charge is -2.22. The van der Waals surface area contributed by atoms with Gasteiger partial charge in [0.05, 0.1) is 0 Å². The lowest BCUT2D eigenvalue weighted by atomic mass is 10.1. The molecule has 0 aliphatic rings. The molecule has 0 fully saturated rings. The molecule has 0 bridgehead atoms. The van der Waals surface area contributed by atoms with Crippen LogP contribution >= 0.6 is 0 Å². The normalized spacial score (nSPS) is 11.4. The van der Waals surface area contributed by atoms with Crippen molar-refractivity contribution in [1.82, 2.24) is 10.2 Å². The molecule has 0 unspecified atom stereocenters. The van der Waals surface area contributed by atoms with Crippen molar-refractivity contribution < 1.29 is 0 Å². The van der Waals surface area contributed by atoms with Crippen LogP contribution in [0.3, 0.4) is 0 Å². The lowest BCUT2D eigenvalue weighted by Crippen LogP contribution is -2.35. The van der Waals surface area contributed by atoms with E-state index in [1.165, 1.54) is 83.8 Å². The number of hydrogen-bond donors (Lipinski definition) is 2. The SMILES string of the molecule is CCCCCCCN(CCCCCCC)CCNCCN. The number of nitrogens with zero attached hydrogens (tertiary/aromatic N) is 1. The third kappa shape index (κ3) is 16.1. The number of unbranched alkanes of at least 4 members (excludes halogenated alkanes) is 8. The molecule has 128 valence electrons. The van der Waals surface area contributed by atoms with Crippen molar-refractivity contribution >= 4 is 0 Å². The molecule has 0 aliphatic heterocycles. The van der Waals surface area contributed by atoms with E-state index in [0.717, 1.165) is 19.6 Å². The molecule has 3 heteroatoms. The maximum Gasteiger partial charge on any atom is 0.0107 e. The number of nitrogens with two attached hydrogens (primary N) is 1. The summed E-state index contributed by atoms with van der Waals surface area (Å²) in [5.41, 5.74) is 5.52. The van der Waals surface area contributed by atoms with E-state index in [9.17, 15) is 0 Å². The van der Waals surface area contributed by atoms with E-state index in [4.69, 9.17) is 5.73 Å². The Labute approximate surface area is 134 Å². The van der Waals surface area contributed by atoms with Crippen LogP contribution in [0.1, 0.15) is 78.1 Å². The Bertz CT molecular complexity index is 171. The third-order valence-corrected chi connectivity index (χ3v) is 4.08. The first kappa shape index (κ1) is 20.9. The molecule has 0 amide bonds. The molecule has 0 aromatic heterocycles. The van der Waals surface area contributed by atoms with Gasteiger partial charge in [-0.1, -0.05) is 65.2 Å². The number of hydrogen-bond acceptors (Lipinski definition) is 3. The molecule has 0 heterocycles. The van der Waals surface area contributed by atoms with Gasteiger partial charge in [0.1, 0.15) is 0 Å².